The van der Waals surface area contributed by atoms with Gasteiger partial charge in [0.1, 0.15) is 5.84 Å². The zero-order valence-corrected chi connectivity index (χ0v) is 21.7. The number of hydrogen-bond acceptors (Lipinski definition) is 5. The van der Waals surface area contributed by atoms with Crippen molar-refractivity contribution in [1.29, 1.82) is 0 Å². The van der Waals surface area contributed by atoms with Gasteiger partial charge in [-0.1, -0.05) is 24.3 Å². The van der Waals surface area contributed by atoms with E-state index in [1.54, 1.807) is 31.0 Å². The number of amidine groups is 1. The first kappa shape index (κ1) is 26.6. The van der Waals surface area contributed by atoms with Gasteiger partial charge in [0.05, 0.1) is 35.6 Å². The van der Waals surface area contributed by atoms with Crippen molar-refractivity contribution in [3.8, 4) is 11.3 Å². The van der Waals surface area contributed by atoms with E-state index in [1.807, 2.05) is 81.2 Å². The molecule has 0 saturated heterocycles. The van der Waals surface area contributed by atoms with E-state index in [1.165, 1.54) is 0 Å². The molecule has 0 bridgehead atoms. The monoisotopic (exact) mass is 490 g/mol. The average molecular weight is 491 g/mol. The Hall–Kier alpha value is -3.98. The molecule has 0 atom stereocenters. The lowest BCUT2D eigenvalue weighted by molar-refractivity contribution is -0.118. The van der Waals surface area contributed by atoms with E-state index in [-0.39, 0.29) is 23.9 Å². The van der Waals surface area contributed by atoms with Crippen LogP contribution in [0.4, 0.5) is 0 Å². The number of aliphatic imine (C=N–C) groups is 1. The van der Waals surface area contributed by atoms with E-state index in [4.69, 9.17) is 4.74 Å². The predicted octanol–water partition coefficient (Wildman–Crippen LogP) is 3.60. The number of allylic oxidation sites excluding steroid dienone is 1. The second kappa shape index (κ2) is 11.6. The van der Waals surface area contributed by atoms with Crippen LogP contribution in [0.25, 0.3) is 17.0 Å². The SMILES string of the molecule is C/C=C(\N=C(C)NC(=O)CNC(=O)c1ccn(C(C)(C)COC)c1)c1cccc(-c2ccn(C)n2)c1. The number of carbonyl (C=O) groups excluding carboxylic acids is 2. The molecule has 0 radical (unpaired) electrons. The van der Waals surface area contributed by atoms with Crippen LogP contribution in [-0.2, 0) is 22.1 Å². The minimum Gasteiger partial charge on any atom is -0.382 e. The summed E-state index contributed by atoms with van der Waals surface area (Å²) in [5.74, 6) is -0.258. The van der Waals surface area contributed by atoms with Crippen LogP contribution in [-0.4, -0.2) is 52.3 Å². The molecule has 0 aliphatic rings. The van der Waals surface area contributed by atoms with Gasteiger partial charge in [0, 0.05) is 43.9 Å². The van der Waals surface area contributed by atoms with Gasteiger partial charge in [-0.25, -0.2) is 4.99 Å². The number of aryl methyl sites for hydroxylation is 1. The highest BCUT2D eigenvalue weighted by molar-refractivity contribution is 6.02. The van der Waals surface area contributed by atoms with Crippen LogP contribution in [0.2, 0.25) is 0 Å². The quantitative estimate of drug-likeness (QED) is 0.353. The van der Waals surface area contributed by atoms with E-state index in [0.29, 0.717) is 18.0 Å². The maximum atomic E-state index is 12.5. The third-order valence-electron chi connectivity index (χ3n) is 5.61. The standard InChI is InChI=1S/C27H34N6O3/c1-7-23(20-9-8-10-21(15-20)24-12-13-32(5)31-24)29-19(2)30-25(34)16-28-26(35)22-11-14-33(17-22)27(3,4)18-36-6/h7-15,17H,16,18H2,1-6H3,(H,28,35)(H,29,30,34)/b23-7-. The molecule has 2 N–H and O–H groups in total. The summed E-state index contributed by atoms with van der Waals surface area (Å²) in [7, 11) is 3.52. The third kappa shape index (κ3) is 6.79. The minimum absolute atomic E-state index is 0.168. The van der Waals surface area contributed by atoms with Gasteiger partial charge < -0.3 is 19.9 Å². The van der Waals surface area contributed by atoms with Crippen LogP contribution in [0.1, 0.15) is 43.6 Å². The third-order valence-corrected chi connectivity index (χ3v) is 5.61. The molecule has 190 valence electrons. The first-order valence-electron chi connectivity index (χ1n) is 11.7. The maximum absolute atomic E-state index is 12.5. The van der Waals surface area contributed by atoms with E-state index < -0.39 is 0 Å². The van der Waals surface area contributed by atoms with Crippen LogP contribution < -0.4 is 10.6 Å². The van der Waals surface area contributed by atoms with Crippen molar-refractivity contribution in [2.24, 2.45) is 12.0 Å². The summed E-state index contributed by atoms with van der Waals surface area (Å²) in [5, 5.41) is 9.84. The molecule has 3 aromatic rings. The number of ether oxygens (including phenoxy) is 1. The van der Waals surface area contributed by atoms with Crippen molar-refractivity contribution >= 4 is 23.3 Å². The molecule has 0 aliphatic carbocycles. The molecule has 9 heteroatoms. The van der Waals surface area contributed by atoms with Gasteiger partial charge in [0.15, 0.2) is 0 Å². The molecule has 0 unspecified atom stereocenters. The van der Waals surface area contributed by atoms with E-state index in [0.717, 1.165) is 22.5 Å². The topological polar surface area (TPSA) is 103 Å². The number of nitrogens with one attached hydrogen (secondary N) is 2. The Labute approximate surface area is 211 Å². The second-order valence-corrected chi connectivity index (χ2v) is 9.11. The zero-order valence-electron chi connectivity index (χ0n) is 21.7. The van der Waals surface area contributed by atoms with Crippen LogP contribution in [0, 0.1) is 0 Å². The summed E-state index contributed by atoms with van der Waals surface area (Å²) < 4.78 is 8.92. The van der Waals surface area contributed by atoms with Gasteiger partial charge in [0.2, 0.25) is 5.91 Å². The molecule has 36 heavy (non-hydrogen) atoms. The fraction of sp³-hybridized carbons (Fsp3) is 0.333. The number of carbonyl (C=O) groups is 2. The lowest BCUT2D eigenvalue weighted by Crippen LogP contribution is -2.39. The van der Waals surface area contributed by atoms with E-state index in [9.17, 15) is 9.59 Å². The van der Waals surface area contributed by atoms with Crippen LogP contribution in [0.3, 0.4) is 0 Å². The number of benzene rings is 1. The summed E-state index contributed by atoms with van der Waals surface area (Å²) in [6.45, 7) is 7.97. The molecule has 0 spiro atoms. The molecule has 3 rings (SSSR count). The summed E-state index contributed by atoms with van der Waals surface area (Å²) in [6, 6.07) is 11.6. The van der Waals surface area contributed by atoms with Gasteiger partial charge in [-0.2, -0.15) is 5.10 Å². The fourth-order valence-corrected chi connectivity index (χ4v) is 3.75. The van der Waals surface area contributed by atoms with Gasteiger partial charge >= 0.3 is 0 Å². The molecule has 1 aromatic carbocycles. The first-order chi connectivity index (χ1) is 17.1. The highest BCUT2D eigenvalue weighted by Crippen LogP contribution is 2.23. The predicted molar refractivity (Wildman–Crippen MR) is 142 cm³/mol. The highest BCUT2D eigenvalue weighted by atomic mass is 16.5. The highest BCUT2D eigenvalue weighted by Gasteiger charge is 2.21. The van der Waals surface area contributed by atoms with Crippen molar-refractivity contribution in [2.45, 2.75) is 33.2 Å². The normalized spacial score (nSPS) is 12.5. The molecule has 2 aromatic heterocycles. The Morgan fingerprint density at radius 3 is 2.61 bits per heavy atom. The smallest absolute Gasteiger partial charge is 0.253 e. The number of hydrogen-bond donors (Lipinski definition) is 2. The molecule has 2 heterocycles. The Morgan fingerprint density at radius 2 is 1.94 bits per heavy atom. The number of aromatic nitrogens is 3. The van der Waals surface area contributed by atoms with E-state index >= 15 is 0 Å². The van der Waals surface area contributed by atoms with Crippen molar-refractivity contribution < 1.29 is 14.3 Å². The zero-order chi connectivity index (χ0) is 26.3. The van der Waals surface area contributed by atoms with Gasteiger partial charge in [0.25, 0.3) is 5.91 Å². The molecule has 2 amide bonds. The van der Waals surface area contributed by atoms with Crippen LogP contribution >= 0.6 is 0 Å². The number of methoxy groups -OCH3 is 1. The number of nitrogens with zero attached hydrogens (tertiary/aromatic N) is 4. The molecular formula is C27H34N6O3. The van der Waals surface area contributed by atoms with Crippen molar-refractivity contribution in [3.05, 3.63) is 72.2 Å². The molecule has 0 fully saturated rings. The summed E-state index contributed by atoms with van der Waals surface area (Å²) >= 11 is 0. The molecule has 9 nitrogen and oxygen atoms in total. The van der Waals surface area contributed by atoms with Gasteiger partial charge in [-0.15, -0.1) is 0 Å². The maximum Gasteiger partial charge on any atom is 0.253 e. The first-order valence-corrected chi connectivity index (χ1v) is 11.7. The number of amides is 2. The average Bonchev–Trinajstić information content (AvgIpc) is 3.51. The molecular weight excluding hydrogens is 456 g/mol. The second-order valence-electron chi connectivity index (χ2n) is 9.11. The van der Waals surface area contributed by atoms with Crippen molar-refractivity contribution in [3.63, 3.8) is 0 Å². The molecule has 0 saturated carbocycles. The lowest BCUT2D eigenvalue weighted by atomic mass is 10.1. The Kier molecular flexibility index (Phi) is 8.60. The van der Waals surface area contributed by atoms with Gasteiger partial charge in [-0.05, 0) is 45.9 Å². The molecule has 0 aliphatic heterocycles. The van der Waals surface area contributed by atoms with Gasteiger partial charge in [-0.3, -0.25) is 14.3 Å². The number of rotatable bonds is 9. The Morgan fingerprint density at radius 1 is 1.17 bits per heavy atom. The minimum atomic E-state index is -0.360. The van der Waals surface area contributed by atoms with Crippen molar-refractivity contribution in [1.82, 2.24) is 25.0 Å². The fourth-order valence-electron chi connectivity index (χ4n) is 3.75. The van der Waals surface area contributed by atoms with Crippen molar-refractivity contribution in [2.75, 3.05) is 20.3 Å². The van der Waals surface area contributed by atoms with Crippen LogP contribution in [0.15, 0.2) is 66.1 Å². The summed E-state index contributed by atoms with van der Waals surface area (Å²) in [4.78, 5) is 29.5. The Balaban J connectivity index is 1.59. The van der Waals surface area contributed by atoms with Crippen LogP contribution in [0.5, 0.6) is 0 Å². The summed E-state index contributed by atoms with van der Waals surface area (Å²) in [5.41, 5.74) is 3.66. The van der Waals surface area contributed by atoms with E-state index in [2.05, 4.69) is 20.7 Å². The Bertz CT molecular complexity index is 1280. The summed E-state index contributed by atoms with van der Waals surface area (Å²) in [6.07, 6.45) is 7.35. The lowest BCUT2D eigenvalue weighted by Gasteiger charge is -2.25. The largest absolute Gasteiger partial charge is 0.382 e.